The maximum Gasteiger partial charge on any atom is 0.410 e. The van der Waals surface area contributed by atoms with E-state index in [0.717, 1.165) is 24.4 Å². The van der Waals surface area contributed by atoms with Gasteiger partial charge in [-0.25, -0.2) is 14.8 Å². The van der Waals surface area contributed by atoms with Gasteiger partial charge < -0.3 is 14.4 Å². The minimum Gasteiger partial charge on any atom is -0.473 e. The van der Waals surface area contributed by atoms with Crippen molar-refractivity contribution in [1.82, 2.24) is 24.8 Å². The number of carbonyl (C=O) groups excluding carboxylic acids is 2. The molecule has 0 bridgehead atoms. The Bertz CT molecular complexity index is 926. The Kier molecular flexibility index (Phi) is 8.66. The van der Waals surface area contributed by atoms with E-state index in [4.69, 9.17) is 14.3 Å². The van der Waals surface area contributed by atoms with Crippen LogP contribution in [0.2, 0.25) is 0 Å². The van der Waals surface area contributed by atoms with Crippen molar-refractivity contribution in [3.8, 4) is 5.88 Å². The van der Waals surface area contributed by atoms with Gasteiger partial charge >= 0.3 is 12.0 Å². The molecule has 3 heterocycles. The summed E-state index contributed by atoms with van der Waals surface area (Å²) < 4.78 is 11.9. The van der Waals surface area contributed by atoms with Gasteiger partial charge in [0.25, 0.3) is 0 Å². The number of rotatable bonds is 6. The van der Waals surface area contributed by atoms with Gasteiger partial charge in [0.05, 0.1) is 19.2 Å². The van der Waals surface area contributed by atoms with Crippen LogP contribution in [0.4, 0.5) is 10.6 Å². The van der Waals surface area contributed by atoms with E-state index in [2.05, 4.69) is 26.8 Å². The number of hydrogen-bond acceptors (Lipinski definition) is 9. The first-order valence-corrected chi connectivity index (χ1v) is 12.6. The SMILES string of the molecule is CON(C)C(=O)c1nc(O[C@@H](C)[C@@H]2CCCN2C)cc(N2C[C@H](C)N(C(=O)OC(C)(C)C)[C@@H](C)C2)n1. The Labute approximate surface area is 214 Å². The van der Waals surface area contributed by atoms with E-state index in [0.29, 0.717) is 24.8 Å². The van der Waals surface area contributed by atoms with Crippen LogP contribution in [0.1, 0.15) is 65.0 Å². The summed E-state index contributed by atoms with van der Waals surface area (Å²) in [5.41, 5.74) is -0.570. The maximum absolute atomic E-state index is 12.9. The van der Waals surface area contributed by atoms with E-state index in [1.54, 1.807) is 11.0 Å². The smallest absolute Gasteiger partial charge is 0.410 e. The molecule has 0 aromatic carbocycles. The molecule has 2 fully saturated rings. The van der Waals surface area contributed by atoms with E-state index in [-0.39, 0.29) is 36.1 Å². The lowest BCUT2D eigenvalue weighted by Gasteiger charge is -2.44. The van der Waals surface area contributed by atoms with Gasteiger partial charge in [0.15, 0.2) is 0 Å². The van der Waals surface area contributed by atoms with Crippen LogP contribution in [0.3, 0.4) is 0 Å². The van der Waals surface area contributed by atoms with Gasteiger partial charge in [-0.3, -0.25) is 19.4 Å². The van der Waals surface area contributed by atoms with E-state index in [1.807, 2.05) is 41.5 Å². The summed E-state index contributed by atoms with van der Waals surface area (Å²) in [5, 5.41) is 1.09. The van der Waals surface area contributed by atoms with Crippen LogP contribution in [0.15, 0.2) is 6.07 Å². The van der Waals surface area contributed by atoms with Crippen LogP contribution in [0.25, 0.3) is 0 Å². The highest BCUT2D eigenvalue weighted by molar-refractivity contribution is 5.90. The zero-order valence-electron chi connectivity index (χ0n) is 23.1. The Morgan fingerprint density at radius 3 is 2.33 bits per heavy atom. The molecule has 0 aliphatic carbocycles. The van der Waals surface area contributed by atoms with Gasteiger partial charge in [-0.05, 0) is 68.0 Å². The molecular formula is C25H42N6O5. The molecule has 3 rings (SSSR count). The summed E-state index contributed by atoms with van der Waals surface area (Å²) in [6.45, 7) is 13.6. The standard InChI is InChI=1S/C25H42N6O5/c1-16-14-30(15-17(2)31(16)24(33)36-25(4,5)6)20-13-21(27-22(26-20)23(32)29(8)34-9)35-18(3)19-11-10-12-28(19)7/h13,16-19H,10-12,14-15H2,1-9H3/t16-,17-,18-,19-/m0/s1. The van der Waals surface area contributed by atoms with Gasteiger partial charge in [0, 0.05) is 32.2 Å². The predicted octanol–water partition coefficient (Wildman–Crippen LogP) is 2.81. The number of likely N-dealkylation sites (N-methyl/N-ethyl adjacent to an activating group) is 1. The number of nitrogens with zero attached hydrogens (tertiary/aromatic N) is 6. The van der Waals surface area contributed by atoms with Crippen LogP contribution >= 0.6 is 0 Å². The van der Waals surface area contributed by atoms with Crippen molar-refractivity contribution in [3.63, 3.8) is 0 Å². The molecule has 0 N–H and O–H groups in total. The Morgan fingerprint density at radius 2 is 1.81 bits per heavy atom. The van der Waals surface area contributed by atoms with Crippen molar-refractivity contribution < 1.29 is 23.9 Å². The second-order valence-corrected chi connectivity index (χ2v) is 10.9. The molecule has 0 spiro atoms. The highest BCUT2D eigenvalue weighted by Crippen LogP contribution is 2.27. The van der Waals surface area contributed by atoms with E-state index < -0.39 is 11.5 Å². The molecule has 0 unspecified atom stereocenters. The number of hydroxylamine groups is 2. The third-order valence-corrected chi connectivity index (χ3v) is 6.71. The molecule has 11 heteroatoms. The summed E-state index contributed by atoms with van der Waals surface area (Å²) in [6.07, 6.45) is 1.74. The van der Waals surface area contributed by atoms with Crippen molar-refractivity contribution in [3.05, 3.63) is 11.9 Å². The number of anilines is 1. The first-order valence-electron chi connectivity index (χ1n) is 12.6. The molecule has 1 aromatic heterocycles. The normalized spacial score (nSPS) is 24.0. The average molecular weight is 507 g/mol. The number of piperazine rings is 1. The van der Waals surface area contributed by atoms with Crippen LogP contribution < -0.4 is 9.64 Å². The van der Waals surface area contributed by atoms with E-state index >= 15 is 0 Å². The van der Waals surface area contributed by atoms with Crippen molar-refractivity contribution >= 4 is 17.8 Å². The Morgan fingerprint density at radius 1 is 1.17 bits per heavy atom. The molecule has 2 saturated heterocycles. The lowest BCUT2D eigenvalue weighted by molar-refractivity contribution is -0.0764. The minimum atomic E-state index is -0.570. The zero-order valence-corrected chi connectivity index (χ0v) is 23.1. The van der Waals surface area contributed by atoms with E-state index in [1.165, 1.54) is 14.2 Å². The van der Waals surface area contributed by atoms with Gasteiger partial charge in [-0.1, -0.05) is 0 Å². The highest BCUT2D eigenvalue weighted by atomic mass is 16.7. The lowest BCUT2D eigenvalue weighted by atomic mass is 10.1. The van der Waals surface area contributed by atoms with Crippen molar-refractivity contribution in [2.45, 2.75) is 84.2 Å². The molecule has 2 amide bonds. The fourth-order valence-electron chi connectivity index (χ4n) is 4.94. The van der Waals surface area contributed by atoms with Crippen LogP contribution in [-0.2, 0) is 9.57 Å². The summed E-state index contributed by atoms with van der Waals surface area (Å²) in [4.78, 5) is 45.9. The fraction of sp³-hybridized carbons (Fsp3) is 0.760. The van der Waals surface area contributed by atoms with Gasteiger partial charge in [0.2, 0.25) is 11.7 Å². The van der Waals surface area contributed by atoms with Gasteiger partial charge in [0.1, 0.15) is 17.5 Å². The molecule has 2 aliphatic heterocycles. The van der Waals surface area contributed by atoms with Gasteiger partial charge in [-0.2, -0.15) is 4.98 Å². The average Bonchev–Trinajstić information content (AvgIpc) is 3.22. The largest absolute Gasteiger partial charge is 0.473 e. The Hall–Kier alpha value is -2.66. The number of likely N-dealkylation sites (tertiary alicyclic amines) is 1. The van der Waals surface area contributed by atoms with Gasteiger partial charge in [-0.15, -0.1) is 0 Å². The summed E-state index contributed by atoms with van der Waals surface area (Å²) >= 11 is 0. The number of ether oxygens (including phenoxy) is 2. The number of aromatic nitrogens is 2. The monoisotopic (exact) mass is 506 g/mol. The topological polar surface area (TPSA) is 101 Å². The summed E-state index contributed by atoms with van der Waals surface area (Å²) in [7, 11) is 5.02. The molecular weight excluding hydrogens is 464 g/mol. The van der Waals surface area contributed by atoms with E-state index in [9.17, 15) is 9.59 Å². The quantitative estimate of drug-likeness (QED) is 0.539. The fourth-order valence-corrected chi connectivity index (χ4v) is 4.94. The third-order valence-electron chi connectivity index (χ3n) is 6.71. The minimum absolute atomic E-state index is 0.00583. The molecule has 4 atom stereocenters. The van der Waals surface area contributed by atoms with Crippen molar-refractivity contribution in [1.29, 1.82) is 0 Å². The number of carbonyl (C=O) groups is 2. The summed E-state index contributed by atoms with van der Waals surface area (Å²) in [6, 6.07) is 1.80. The lowest BCUT2D eigenvalue weighted by Crippen LogP contribution is -2.59. The van der Waals surface area contributed by atoms with Crippen molar-refractivity contribution in [2.75, 3.05) is 45.7 Å². The van der Waals surface area contributed by atoms with Crippen molar-refractivity contribution in [2.24, 2.45) is 0 Å². The number of amides is 2. The molecule has 1 aromatic rings. The second-order valence-electron chi connectivity index (χ2n) is 10.9. The van der Waals surface area contributed by atoms with Crippen LogP contribution in [0, 0.1) is 0 Å². The molecule has 0 saturated carbocycles. The molecule has 2 aliphatic rings. The summed E-state index contributed by atoms with van der Waals surface area (Å²) in [5.74, 6) is 0.440. The number of hydrogen-bond donors (Lipinski definition) is 0. The molecule has 0 radical (unpaired) electrons. The molecule has 36 heavy (non-hydrogen) atoms. The molecule has 11 nitrogen and oxygen atoms in total. The molecule has 202 valence electrons. The maximum atomic E-state index is 12.9. The first kappa shape index (κ1) is 27.9. The zero-order chi connectivity index (χ0) is 26.8. The first-order chi connectivity index (χ1) is 16.8. The Balaban J connectivity index is 1.86. The predicted molar refractivity (Wildman–Crippen MR) is 136 cm³/mol. The van der Waals surface area contributed by atoms with Crippen LogP contribution in [-0.4, -0.2) is 108 Å². The van der Waals surface area contributed by atoms with Crippen LogP contribution in [0.5, 0.6) is 5.88 Å². The third kappa shape index (κ3) is 6.56. The highest BCUT2D eigenvalue weighted by Gasteiger charge is 2.37. The second kappa shape index (κ2) is 11.2.